The molecule has 2 saturated heterocycles. The van der Waals surface area contributed by atoms with Crippen LogP contribution in [0.4, 0.5) is 10.1 Å². The van der Waals surface area contributed by atoms with Crippen molar-refractivity contribution in [3.05, 3.63) is 60.2 Å². The Hall–Kier alpha value is -2.80. The van der Waals surface area contributed by atoms with Gasteiger partial charge in [-0.1, -0.05) is 6.07 Å². The van der Waals surface area contributed by atoms with Crippen molar-refractivity contribution < 1.29 is 18.7 Å². The van der Waals surface area contributed by atoms with Gasteiger partial charge in [-0.15, -0.1) is 0 Å². The maximum Gasteiger partial charge on any atom is 0.272 e. The molecule has 2 amide bonds. The minimum atomic E-state index is -0.620. The summed E-state index contributed by atoms with van der Waals surface area (Å²) in [6.45, 7) is 1.31. The maximum atomic E-state index is 13.2. The molecule has 0 radical (unpaired) electrons. The second-order valence-electron chi connectivity index (χ2n) is 6.97. The number of anilines is 1. The highest BCUT2D eigenvalue weighted by atomic mass is 19.1. The molecule has 1 spiro atoms. The molecule has 0 aliphatic carbocycles. The van der Waals surface area contributed by atoms with E-state index < -0.39 is 5.60 Å². The van der Waals surface area contributed by atoms with Gasteiger partial charge in [0.2, 0.25) is 0 Å². The van der Waals surface area contributed by atoms with Gasteiger partial charge in [0.05, 0.1) is 13.1 Å². The lowest BCUT2D eigenvalue weighted by Gasteiger charge is -2.47. The number of likely N-dealkylation sites (tertiary alicyclic amines) is 1. The van der Waals surface area contributed by atoms with Crippen molar-refractivity contribution in [3.8, 4) is 0 Å². The summed E-state index contributed by atoms with van der Waals surface area (Å²) in [5.74, 6) is -0.650. The van der Waals surface area contributed by atoms with Gasteiger partial charge in [0, 0.05) is 18.4 Å². The largest absolute Gasteiger partial charge is 0.361 e. The first-order chi connectivity index (χ1) is 13.1. The Bertz CT molecular complexity index is 843. The fourth-order valence-corrected chi connectivity index (χ4v) is 3.74. The van der Waals surface area contributed by atoms with Crippen LogP contribution in [0.1, 0.15) is 23.3 Å². The van der Waals surface area contributed by atoms with Crippen LogP contribution in [0.3, 0.4) is 0 Å². The van der Waals surface area contributed by atoms with E-state index in [4.69, 9.17) is 4.74 Å². The number of hydrogen-bond donors (Lipinski definition) is 0. The first-order valence-corrected chi connectivity index (χ1v) is 8.97. The van der Waals surface area contributed by atoms with Crippen molar-refractivity contribution in [3.63, 3.8) is 0 Å². The monoisotopic (exact) mass is 369 g/mol. The maximum absolute atomic E-state index is 13.2. The number of amides is 2. The SMILES string of the molecule is O=C(c1ccccn1)N1CCCC2(C1)CN(c1ccc(F)cc1)C(=O)CO2. The normalized spacial score (nSPS) is 22.9. The molecule has 1 aromatic heterocycles. The Morgan fingerprint density at radius 3 is 2.70 bits per heavy atom. The minimum absolute atomic E-state index is 0.0526. The van der Waals surface area contributed by atoms with Crippen molar-refractivity contribution in [1.82, 2.24) is 9.88 Å². The van der Waals surface area contributed by atoms with Crippen LogP contribution in [0.15, 0.2) is 48.7 Å². The van der Waals surface area contributed by atoms with E-state index in [-0.39, 0.29) is 24.2 Å². The first-order valence-electron chi connectivity index (χ1n) is 8.97. The molecule has 1 unspecified atom stereocenters. The highest BCUT2D eigenvalue weighted by Crippen LogP contribution is 2.32. The third kappa shape index (κ3) is 3.55. The van der Waals surface area contributed by atoms with Gasteiger partial charge in [0.1, 0.15) is 23.7 Å². The molecule has 27 heavy (non-hydrogen) atoms. The summed E-state index contributed by atoms with van der Waals surface area (Å²) in [6.07, 6.45) is 3.13. The van der Waals surface area contributed by atoms with Crippen LogP contribution in [0.2, 0.25) is 0 Å². The fraction of sp³-hybridized carbons (Fsp3) is 0.350. The average Bonchev–Trinajstić information content (AvgIpc) is 2.71. The van der Waals surface area contributed by atoms with Gasteiger partial charge in [0.15, 0.2) is 0 Å². The third-order valence-electron chi connectivity index (χ3n) is 5.10. The molecular weight excluding hydrogens is 349 g/mol. The number of benzene rings is 1. The molecule has 2 aliphatic rings. The zero-order valence-corrected chi connectivity index (χ0v) is 14.8. The molecular formula is C20H20FN3O3. The van der Waals surface area contributed by atoms with Gasteiger partial charge in [0.25, 0.3) is 11.8 Å². The smallest absolute Gasteiger partial charge is 0.272 e. The zero-order valence-electron chi connectivity index (χ0n) is 14.8. The molecule has 4 rings (SSSR count). The first kappa shape index (κ1) is 17.6. The lowest BCUT2D eigenvalue weighted by atomic mass is 9.90. The van der Waals surface area contributed by atoms with E-state index in [9.17, 15) is 14.0 Å². The number of aromatic nitrogens is 1. The summed E-state index contributed by atoms with van der Waals surface area (Å²) in [4.78, 5) is 32.6. The van der Waals surface area contributed by atoms with Gasteiger partial charge >= 0.3 is 0 Å². The second kappa shape index (κ2) is 7.08. The fourth-order valence-electron chi connectivity index (χ4n) is 3.74. The predicted octanol–water partition coefficient (Wildman–Crippen LogP) is 2.26. The van der Waals surface area contributed by atoms with Gasteiger partial charge in [-0.2, -0.15) is 0 Å². The highest BCUT2D eigenvalue weighted by molar-refractivity contribution is 5.95. The van der Waals surface area contributed by atoms with Crippen molar-refractivity contribution in [2.24, 2.45) is 0 Å². The summed E-state index contributed by atoms with van der Waals surface area (Å²) in [7, 11) is 0. The van der Waals surface area contributed by atoms with Gasteiger partial charge in [-0.3, -0.25) is 14.6 Å². The topological polar surface area (TPSA) is 62.7 Å². The molecule has 2 fully saturated rings. The Kier molecular flexibility index (Phi) is 4.61. The van der Waals surface area contributed by atoms with E-state index in [0.717, 1.165) is 12.8 Å². The van der Waals surface area contributed by atoms with Gasteiger partial charge in [-0.05, 0) is 49.2 Å². The predicted molar refractivity (Wildman–Crippen MR) is 96.8 cm³/mol. The molecule has 7 heteroatoms. The lowest BCUT2D eigenvalue weighted by molar-refractivity contribution is -0.144. The molecule has 6 nitrogen and oxygen atoms in total. The van der Waals surface area contributed by atoms with Crippen LogP contribution >= 0.6 is 0 Å². The number of piperidine rings is 1. The summed E-state index contributed by atoms with van der Waals surface area (Å²) < 4.78 is 19.2. The number of halogens is 1. The Labute approximate surface area is 156 Å². The summed E-state index contributed by atoms with van der Waals surface area (Å²) in [5.41, 5.74) is 0.416. The number of hydrogen-bond acceptors (Lipinski definition) is 4. The zero-order chi connectivity index (χ0) is 18.9. The quantitative estimate of drug-likeness (QED) is 0.815. The van der Waals surface area contributed by atoms with Crippen LogP contribution in [0.5, 0.6) is 0 Å². The number of carbonyl (C=O) groups is 2. The molecule has 2 aromatic rings. The number of ether oxygens (including phenoxy) is 1. The average molecular weight is 369 g/mol. The van der Waals surface area contributed by atoms with Crippen molar-refractivity contribution in [2.45, 2.75) is 18.4 Å². The van der Waals surface area contributed by atoms with Crippen LogP contribution in [0.25, 0.3) is 0 Å². The summed E-state index contributed by atoms with van der Waals surface area (Å²) >= 11 is 0. The Balaban J connectivity index is 1.54. The van der Waals surface area contributed by atoms with E-state index in [1.54, 1.807) is 46.3 Å². The minimum Gasteiger partial charge on any atom is -0.361 e. The van der Waals surface area contributed by atoms with Crippen molar-refractivity contribution >= 4 is 17.5 Å². The lowest BCUT2D eigenvalue weighted by Crippen LogP contribution is -2.62. The molecule has 0 bridgehead atoms. The van der Waals surface area contributed by atoms with Crippen LogP contribution in [-0.2, 0) is 9.53 Å². The van der Waals surface area contributed by atoms with Crippen LogP contribution in [-0.4, -0.2) is 53.5 Å². The number of rotatable bonds is 2. The highest BCUT2D eigenvalue weighted by Gasteiger charge is 2.44. The Morgan fingerprint density at radius 2 is 1.96 bits per heavy atom. The molecule has 3 heterocycles. The third-order valence-corrected chi connectivity index (χ3v) is 5.10. The molecule has 1 atom stereocenters. The van der Waals surface area contributed by atoms with E-state index in [1.807, 2.05) is 0 Å². The standard InChI is InChI=1S/C20H20FN3O3/c21-15-5-7-16(8-6-15)24-14-20(27-12-18(24)25)9-3-11-23(13-20)19(26)17-4-1-2-10-22-17/h1-2,4-8,10H,3,9,11-14H2. The molecule has 0 N–H and O–H groups in total. The summed E-state index contributed by atoms with van der Waals surface area (Å²) in [5, 5.41) is 0. The van der Waals surface area contributed by atoms with Crippen LogP contribution < -0.4 is 4.90 Å². The number of morpholine rings is 1. The number of nitrogens with zero attached hydrogens (tertiary/aromatic N) is 3. The van der Waals surface area contributed by atoms with E-state index >= 15 is 0 Å². The molecule has 0 saturated carbocycles. The Morgan fingerprint density at radius 1 is 1.15 bits per heavy atom. The van der Waals surface area contributed by atoms with E-state index in [2.05, 4.69) is 4.98 Å². The molecule has 1 aromatic carbocycles. The van der Waals surface area contributed by atoms with E-state index in [1.165, 1.54) is 12.1 Å². The van der Waals surface area contributed by atoms with Crippen LogP contribution in [0, 0.1) is 5.82 Å². The summed E-state index contributed by atoms with van der Waals surface area (Å²) in [6, 6.07) is 11.1. The second-order valence-corrected chi connectivity index (χ2v) is 6.97. The number of pyridine rings is 1. The van der Waals surface area contributed by atoms with Crippen molar-refractivity contribution in [1.29, 1.82) is 0 Å². The molecule has 2 aliphatic heterocycles. The number of carbonyl (C=O) groups excluding carboxylic acids is 2. The van der Waals surface area contributed by atoms with Crippen molar-refractivity contribution in [2.75, 3.05) is 31.1 Å². The van der Waals surface area contributed by atoms with Gasteiger partial charge < -0.3 is 14.5 Å². The van der Waals surface area contributed by atoms with E-state index in [0.29, 0.717) is 31.0 Å². The molecule has 140 valence electrons. The van der Waals surface area contributed by atoms with Gasteiger partial charge in [-0.25, -0.2) is 4.39 Å².